The Hall–Kier alpha value is -3.92. The Balaban J connectivity index is 1.65. The number of fused-ring (bicyclic) bond motifs is 2. The van der Waals surface area contributed by atoms with Crippen LogP contribution in [0.2, 0.25) is 0 Å². The molecule has 2 aromatic heterocycles. The molecule has 2 aromatic carbocycles. The monoisotopic (exact) mass is 354 g/mol. The van der Waals surface area contributed by atoms with Gasteiger partial charge in [0.1, 0.15) is 6.54 Å². The van der Waals surface area contributed by atoms with Gasteiger partial charge in [0.05, 0.1) is 29.3 Å². The molecule has 3 heterocycles. The molecule has 2 amide bonds. The first kappa shape index (κ1) is 15.3. The molecule has 7 nitrogen and oxygen atoms in total. The van der Waals surface area contributed by atoms with Gasteiger partial charge >= 0.3 is 12.2 Å². The van der Waals surface area contributed by atoms with Crippen molar-refractivity contribution in [1.29, 1.82) is 0 Å². The first-order chi connectivity index (χ1) is 13.3. The van der Waals surface area contributed by atoms with Crippen molar-refractivity contribution in [3.05, 3.63) is 72.5 Å². The number of anilines is 2. The molecule has 130 valence electrons. The molecule has 0 radical (unpaired) electrons. The van der Waals surface area contributed by atoms with Gasteiger partial charge in [-0.1, -0.05) is 36.4 Å². The summed E-state index contributed by atoms with van der Waals surface area (Å²) < 4.78 is 0. The lowest BCUT2D eigenvalue weighted by Crippen LogP contribution is -2.34. The molecule has 0 bridgehead atoms. The Morgan fingerprint density at radius 2 is 1.89 bits per heavy atom. The molecule has 1 unspecified atom stereocenters. The van der Waals surface area contributed by atoms with E-state index < -0.39 is 6.17 Å². The van der Waals surface area contributed by atoms with Gasteiger partial charge in [0.25, 0.3) is 0 Å². The van der Waals surface area contributed by atoms with Gasteiger partial charge in [-0.2, -0.15) is 5.10 Å². The number of H-pyrrole nitrogens is 1. The third kappa shape index (κ3) is 2.24. The van der Waals surface area contributed by atoms with Crippen molar-refractivity contribution in [1.82, 2.24) is 15.2 Å². The van der Waals surface area contributed by atoms with E-state index in [4.69, 9.17) is 6.57 Å². The lowest BCUT2D eigenvalue weighted by molar-refractivity contribution is 0.255. The molecule has 0 aliphatic carbocycles. The number of aromatic amines is 1. The highest BCUT2D eigenvalue weighted by Gasteiger charge is 2.44. The van der Waals surface area contributed by atoms with E-state index >= 15 is 0 Å². The third-order valence-electron chi connectivity index (χ3n) is 4.88. The molecule has 4 aromatic rings. The van der Waals surface area contributed by atoms with Crippen molar-refractivity contribution in [3.63, 3.8) is 0 Å². The number of pyridine rings is 1. The first-order valence-electron chi connectivity index (χ1n) is 8.50. The van der Waals surface area contributed by atoms with E-state index in [9.17, 15) is 4.79 Å². The number of nitrogens with one attached hydrogen (secondary N) is 1. The quantitative estimate of drug-likeness (QED) is 0.557. The van der Waals surface area contributed by atoms with Crippen LogP contribution >= 0.6 is 0 Å². The zero-order valence-electron chi connectivity index (χ0n) is 14.2. The lowest BCUT2D eigenvalue weighted by atomic mass is 10.1. The summed E-state index contributed by atoms with van der Waals surface area (Å²) >= 11 is 0. The first-order valence-corrected chi connectivity index (χ1v) is 8.50. The maximum absolute atomic E-state index is 13.3. The molecule has 1 fully saturated rings. The number of para-hydroxylation sites is 1. The van der Waals surface area contributed by atoms with Gasteiger partial charge in [-0.3, -0.25) is 19.8 Å². The second-order valence-corrected chi connectivity index (χ2v) is 6.36. The van der Waals surface area contributed by atoms with Gasteiger partial charge in [0.15, 0.2) is 0 Å². The number of benzene rings is 2. The molecule has 7 heteroatoms. The average molecular weight is 354 g/mol. The van der Waals surface area contributed by atoms with E-state index in [2.05, 4.69) is 20.0 Å². The van der Waals surface area contributed by atoms with Gasteiger partial charge < -0.3 is 0 Å². The van der Waals surface area contributed by atoms with Crippen molar-refractivity contribution in [2.24, 2.45) is 0 Å². The van der Waals surface area contributed by atoms with Crippen LogP contribution in [0.15, 0.2) is 61.1 Å². The number of rotatable bonds is 2. The minimum absolute atomic E-state index is 0.240. The van der Waals surface area contributed by atoms with Crippen molar-refractivity contribution < 1.29 is 4.79 Å². The Morgan fingerprint density at radius 3 is 2.78 bits per heavy atom. The van der Waals surface area contributed by atoms with E-state index in [0.29, 0.717) is 5.69 Å². The summed E-state index contributed by atoms with van der Waals surface area (Å²) in [5.41, 5.74) is 2.16. The Morgan fingerprint density at radius 1 is 1.04 bits per heavy atom. The summed E-state index contributed by atoms with van der Waals surface area (Å²) in [4.78, 5) is 24.5. The minimum atomic E-state index is -0.622. The Kier molecular flexibility index (Phi) is 3.30. The number of nitrogens with zero attached hydrogens (tertiary/aromatic N) is 5. The van der Waals surface area contributed by atoms with Crippen LogP contribution in [0.1, 0.15) is 0 Å². The summed E-state index contributed by atoms with van der Waals surface area (Å²) in [7, 11) is 0. The van der Waals surface area contributed by atoms with Crippen molar-refractivity contribution >= 4 is 39.1 Å². The highest BCUT2D eigenvalue weighted by atomic mass is 16.2. The van der Waals surface area contributed by atoms with E-state index in [0.717, 1.165) is 27.4 Å². The van der Waals surface area contributed by atoms with Crippen molar-refractivity contribution in [2.45, 2.75) is 6.17 Å². The molecule has 1 saturated heterocycles. The fraction of sp³-hybridized carbons (Fsp3) is 0.100. The van der Waals surface area contributed by atoms with Crippen LogP contribution in [0, 0.1) is 6.57 Å². The largest absolute Gasteiger partial charge is 0.335 e. The normalized spacial score (nSPS) is 17.0. The van der Waals surface area contributed by atoms with Crippen molar-refractivity contribution in [2.75, 3.05) is 16.3 Å². The average Bonchev–Trinajstić information content (AvgIpc) is 3.31. The van der Waals surface area contributed by atoms with Gasteiger partial charge in [0, 0.05) is 22.4 Å². The van der Waals surface area contributed by atoms with Crippen LogP contribution in [-0.4, -0.2) is 33.9 Å². The predicted octanol–water partition coefficient (Wildman–Crippen LogP) is 3.80. The van der Waals surface area contributed by atoms with E-state index in [1.165, 1.54) is 4.90 Å². The molecule has 0 spiro atoms. The lowest BCUT2D eigenvalue weighted by Gasteiger charge is -2.19. The second kappa shape index (κ2) is 5.81. The maximum atomic E-state index is 13.3. The van der Waals surface area contributed by atoms with Gasteiger partial charge in [-0.05, 0) is 6.07 Å². The highest BCUT2D eigenvalue weighted by Crippen LogP contribution is 2.35. The Bertz CT molecular complexity index is 1220. The van der Waals surface area contributed by atoms with Gasteiger partial charge in [-0.15, -0.1) is 0 Å². The number of hydrogen-bond donors (Lipinski definition) is 1. The summed E-state index contributed by atoms with van der Waals surface area (Å²) in [6, 6.07) is 13.2. The SMILES string of the molecule is [C-]#[N+]C1CN(c2cccc3cn[nH]c23)C(=O)N1c1cncc2ccccc12. The number of aromatic nitrogens is 3. The number of hydrogen-bond acceptors (Lipinski definition) is 3. The van der Waals surface area contributed by atoms with Crippen LogP contribution in [-0.2, 0) is 0 Å². The summed E-state index contributed by atoms with van der Waals surface area (Å²) in [5, 5.41) is 9.77. The molecule has 1 N–H and O–H groups in total. The number of amides is 2. The molecule has 1 aliphatic rings. The molecule has 27 heavy (non-hydrogen) atoms. The van der Waals surface area contributed by atoms with E-state index in [-0.39, 0.29) is 12.6 Å². The molecule has 1 aliphatic heterocycles. The highest BCUT2D eigenvalue weighted by molar-refractivity contribution is 6.13. The fourth-order valence-corrected chi connectivity index (χ4v) is 3.61. The summed E-state index contributed by atoms with van der Waals surface area (Å²) in [6.45, 7) is 7.91. The zero-order chi connectivity index (χ0) is 18.4. The standard InChI is InChI=1S/C20H14N6O/c1-21-18-12-25(16-8-4-6-14-10-23-24-19(14)16)20(27)26(18)17-11-22-9-13-5-2-3-7-15(13)17/h2-11,18H,12H2,(H,23,24). The number of carbonyl (C=O) groups excluding carboxylic acids is 1. The van der Waals surface area contributed by atoms with Crippen molar-refractivity contribution in [3.8, 4) is 0 Å². The maximum Gasteiger partial charge on any atom is 0.335 e. The smallest absolute Gasteiger partial charge is 0.287 e. The third-order valence-corrected chi connectivity index (χ3v) is 4.88. The zero-order valence-corrected chi connectivity index (χ0v) is 14.2. The molecular formula is C20H14N6O. The molecular weight excluding hydrogens is 340 g/mol. The summed E-state index contributed by atoms with van der Waals surface area (Å²) in [6.07, 6.45) is 4.51. The predicted molar refractivity (Wildman–Crippen MR) is 103 cm³/mol. The molecule has 1 atom stereocenters. The Labute approximate surface area is 154 Å². The van der Waals surface area contributed by atoms with E-state index in [1.807, 2.05) is 42.5 Å². The molecule has 5 rings (SSSR count). The van der Waals surface area contributed by atoms with Gasteiger partial charge in [0.2, 0.25) is 0 Å². The van der Waals surface area contributed by atoms with Gasteiger partial charge in [-0.25, -0.2) is 16.3 Å². The second-order valence-electron chi connectivity index (χ2n) is 6.36. The van der Waals surface area contributed by atoms with Crippen LogP contribution in [0.4, 0.5) is 16.2 Å². The summed E-state index contributed by atoms with van der Waals surface area (Å²) in [5.74, 6) is 0. The minimum Gasteiger partial charge on any atom is -0.287 e. The van der Waals surface area contributed by atoms with Crippen LogP contribution in [0.25, 0.3) is 26.5 Å². The van der Waals surface area contributed by atoms with Crippen LogP contribution in [0.5, 0.6) is 0 Å². The fourth-order valence-electron chi connectivity index (χ4n) is 3.61. The number of urea groups is 1. The molecule has 0 saturated carbocycles. The van der Waals surface area contributed by atoms with E-state index in [1.54, 1.807) is 23.5 Å². The van der Waals surface area contributed by atoms with Crippen LogP contribution < -0.4 is 9.80 Å². The topological polar surface area (TPSA) is 69.5 Å². The van der Waals surface area contributed by atoms with Crippen LogP contribution in [0.3, 0.4) is 0 Å². The number of carbonyl (C=O) groups is 1.